The molecule has 1 N–H and O–H groups in total. The summed E-state index contributed by atoms with van der Waals surface area (Å²) < 4.78 is 5.67. The van der Waals surface area contributed by atoms with Gasteiger partial charge in [-0.3, -0.25) is 14.6 Å². The molecule has 1 aliphatic heterocycles. The van der Waals surface area contributed by atoms with Crippen LogP contribution >= 0.6 is 0 Å². The highest BCUT2D eigenvalue weighted by atomic mass is 16.5. The molecular formula is C15H16N4O3. The largest absolute Gasteiger partial charge is 0.368 e. The molecule has 3 heterocycles. The zero-order valence-electron chi connectivity index (χ0n) is 12.2. The molecule has 114 valence electrons. The molecule has 1 amide bonds. The van der Waals surface area contributed by atoms with Crippen molar-refractivity contribution < 1.29 is 9.53 Å². The lowest BCUT2D eigenvalue weighted by Crippen LogP contribution is -2.42. The summed E-state index contributed by atoms with van der Waals surface area (Å²) in [5.74, 6) is 0.459. The molecule has 22 heavy (non-hydrogen) atoms. The van der Waals surface area contributed by atoms with Gasteiger partial charge in [0, 0.05) is 30.6 Å². The maximum atomic E-state index is 12.5. The smallest absolute Gasteiger partial charge is 0.254 e. The maximum Gasteiger partial charge on any atom is 0.254 e. The molecule has 1 fully saturated rings. The molecule has 0 radical (unpaired) electrons. The Morgan fingerprint density at radius 1 is 1.41 bits per heavy atom. The van der Waals surface area contributed by atoms with Crippen LogP contribution < -0.4 is 5.56 Å². The first-order valence-corrected chi connectivity index (χ1v) is 7.02. The Morgan fingerprint density at radius 2 is 2.18 bits per heavy atom. The summed E-state index contributed by atoms with van der Waals surface area (Å²) in [6, 6.07) is 4.78. The summed E-state index contributed by atoms with van der Waals surface area (Å²) in [5, 5.41) is 0. The molecule has 1 saturated heterocycles. The number of pyridine rings is 1. The number of rotatable bonds is 2. The highest BCUT2D eigenvalue weighted by Gasteiger charge is 2.27. The van der Waals surface area contributed by atoms with Crippen LogP contribution in [-0.2, 0) is 4.74 Å². The van der Waals surface area contributed by atoms with E-state index in [0.717, 1.165) is 0 Å². The average molecular weight is 300 g/mol. The van der Waals surface area contributed by atoms with Crippen LogP contribution in [0.5, 0.6) is 0 Å². The van der Waals surface area contributed by atoms with Crippen molar-refractivity contribution in [3.8, 4) is 0 Å². The van der Waals surface area contributed by atoms with Gasteiger partial charge in [0.2, 0.25) is 0 Å². The average Bonchev–Trinajstić information content (AvgIpc) is 2.54. The lowest BCUT2D eigenvalue weighted by atomic mass is 10.1. The predicted molar refractivity (Wildman–Crippen MR) is 78.4 cm³/mol. The van der Waals surface area contributed by atoms with Crippen molar-refractivity contribution in [3.63, 3.8) is 0 Å². The zero-order chi connectivity index (χ0) is 15.5. The van der Waals surface area contributed by atoms with E-state index in [0.29, 0.717) is 36.8 Å². The number of aryl methyl sites for hydroxylation is 1. The second-order valence-electron chi connectivity index (χ2n) is 5.10. The number of amides is 1. The summed E-state index contributed by atoms with van der Waals surface area (Å²) in [5.41, 5.74) is 0.919. The second-order valence-corrected chi connectivity index (χ2v) is 5.10. The molecule has 0 unspecified atom stereocenters. The lowest BCUT2D eigenvalue weighted by molar-refractivity contribution is -0.0249. The molecule has 0 aromatic carbocycles. The summed E-state index contributed by atoms with van der Waals surface area (Å²) in [6.07, 6.45) is 2.79. The third-order valence-corrected chi connectivity index (χ3v) is 3.49. The molecule has 0 saturated carbocycles. The molecule has 7 heteroatoms. The molecular weight excluding hydrogens is 284 g/mol. The van der Waals surface area contributed by atoms with E-state index in [-0.39, 0.29) is 17.6 Å². The van der Waals surface area contributed by atoms with Crippen LogP contribution in [0.3, 0.4) is 0 Å². The van der Waals surface area contributed by atoms with Crippen LogP contribution in [0.25, 0.3) is 0 Å². The topological polar surface area (TPSA) is 88.2 Å². The first-order valence-electron chi connectivity index (χ1n) is 7.02. The number of hydrogen-bond acceptors (Lipinski definition) is 5. The zero-order valence-corrected chi connectivity index (χ0v) is 12.2. The van der Waals surface area contributed by atoms with E-state index < -0.39 is 0 Å². The van der Waals surface area contributed by atoms with Gasteiger partial charge in [-0.15, -0.1) is 0 Å². The molecule has 7 nitrogen and oxygen atoms in total. The molecule has 1 aliphatic rings. The monoisotopic (exact) mass is 300 g/mol. The lowest BCUT2D eigenvalue weighted by Gasteiger charge is -2.32. The second kappa shape index (κ2) is 6.07. The number of nitrogens with zero attached hydrogens (tertiary/aromatic N) is 3. The van der Waals surface area contributed by atoms with E-state index in [1.54, 1.807) is 36.4 Å². The van der Waals surface area contributed by atoms with E-state index in [1.165, 1.54) is 6.07 Å². The Hall–Kier alpha value is -2.54. The fourth-order valence-electron chi connectivity index (χ4n) is 2.46. The summed E-state index contributed by atoms with van der Waals surface area (Å²) in [7, 11) is 0. The van der Waals surface area contributed by atoms with Gasteiger partial charge in [0.25, 0.3) is 11.5 Å². The summed E-state index contributed by atoms with van der Waals surface area (Å²) in [6.45, 7) is 3.01. The first-order chi connectivity index (χ1) is 10.6. The van der Waals surface area contributed by atoms with Crippen LogP contribution in [0.1, 0.15) is 28.0 Å². The fourth-order valence-corrected chi connectivity index (χ4v) is 2.46. The minimum absolute atomic E-state index is 0.0720. The van der Waals surface area contributed by atoms with E-state index in [2.05, 4.69) is 15.0 Å². The van der Waals surface area contributed by atoms with Crippen molar-refractivity contribution in [1.29, 1.82) is 0 Å². The van der Waals surface area contributed by atoms with Gasteiger partial charge in [-0.25, -0.2) is 4.98 Å². The number of aromatic amines is 1. The van der Waals surface area contributed by atoms with Crippen molar-refractivity contribution >= 4 is 5.91 Å². The number of hydrogen-bond donors (Lipinski definition) is 1. The fraction of sp³-hybridized carbons (Fsp3) is 0.333. The Balaban J connectivity index is 1.79. The Bertz CT molecular complexity index is 729. The van der Waals surface area contributed by atoms with Gasteiger partial charge < -0.3 is 14.6 Å². The van der Waals surface area contributed by atoms with Gasteiger partial charge in [0.1, 0.15) is 11.9 Å². The minimum atomic E-state index is -0.388. The number of carbonyl (C=O) groups is 1. The first kappa shape index (κ1) is 14.4. The van der Waals surface area contributed by atoms with Crippen molar-refractivity contribution in [3.05, 3.63) is 58.0 Å². The van der Waals surface area contributed by atoms with Crippen molar-refractivity contribution in [2.24, 2.45) is 0 Å². The van der Waals surface area contributed by atoms with Crippen molar-refractivity contribution in [2.75, 3.05) is 19.7 Å². The van der Waals surface area contributed by atoms with Gasteiger partial charge in [0.05, 0.1) is 18.8 Å². The van der Waals surface area contributed by atoms with Gasteiger partial charge in [-0.1, -0.05) is 0 Å². The van der Waals surface area contributed by atoms with Gasteiger partial charge in [-0.05, 0) is 19.1 Å². The number of morpholine rings is 1. The van der Waals surface area contributed by atoms with Crippen LogP contribution in [0.2, 0.25) is 0 Å². The maximum absolute atomic E-state index is 12.5. The number of H-pyrrole nitrogens is 1. The molecule has 0 bridgehead atoms. The third kappa shape index (κ3) is 3.04. The van der Waals surface area contributed by atoms with Gasteiger partial charge in [-0.2, -0.15) is 0 Å². The Morgan fingerprint density at radius 3 is 2.91 bits per heavy atom. The van der Waals surface area contributed by atoms with E-state index in [9.17, 15) is 9.59 Å². The molecule has 0 spiro atoms. The number of carbonyl (C=O) groups excluding carboxylic acids is 1. The predicted octanol–water partition coefficient (Wildman–Crippen LogP) is 0.687. The number of ether oxygens (including phenoxy) is 1. The van der Waals surface area contributed by atoms with Crippen LogP contribution in [0, 0.1) is 6.92 Å². The minimum Gasteiger partial charge on any atom is -0.368 e. The van der Waals surface area contributed by atoms with E-state index in [4.69, 9.17) is 4.74 Å². The number of nitrogens with one attached hydrogen (secondary N) is 1. The molecule has 0 aliphatic carbocycles. The van der Waals surface area contributed by atoms with E-state index in [1.807, 2.05) is 0 Å². The van der Waals surface area contributed by atoms with Gasteiger partial charge >= 0.3 is 0 Å². The Labute approximate surface area is 127 Å². The molecule has 1 atom stereocenters. The SMILES string of the molecule is Cc1nc([C@H]2CN(C(=O)c3ccncc3)CCO2)cc(=O)[nH]1. The third-order valence-electron chi connectivity index (χ3n) is 3.49. The Kier molecular flexibility index (Phi) is 3.97. The molecule has 2 aromatic rings. The summed E-state index contributed by atoms with van der Waals surface area (Å²) in [4.78, 5) is 36.5. The van der Waals surface area contributed by atoms with Crippen molar-refractivity contribution in [1.82, 2.24) is 19.9 Å². The highest BCUT2D eigenvalue weighted by molar-refractivity contribution is 5.94. The quantitative estimate of drug-likeness (QED) is 0.881. The van der Waals surface area contributed by atoms with Crippen molar-refractivity contribution in [2.45, 2.75) is 13.0 Å². The van der Waals surface area contributed by atoms with E-state index >= 15 is 0 Å². The van der Waals surface area contributed by atoms with Crippen LogP contribution in [-0.4, -0.2) is 45.5 Å². The molecule has 3 rings (SSSR count). The molecule has 2 aromatic heterocycles. The van der Waals surface area contributed by atoms with Crippen LogP contribution in [0.15, 0.2) is 35.4 Å². The standard InChI is InChI=1S/C15H16N4O3/c1-10-17-12(8-14(20)18-10)13-9-19(6-7-22-13)15(21)11-2-4-16-5-3-11/h2-5,8,13H,6-7,9H2,1H3,(H,17,18,20)/t13-/m1/s1. The van der Waals surface area contributed by atoms with Crippen LogP contribution in [0.4, 0.5) is 0 Å². The highest BCUT2D eigenvalue weighted by Crippen LogP contribution is 2.21. The number of aromatic nitrogens is 3. The normalized spacial score (nSPS) is 18.2. The summed E-state index contributed by atoms with van der Waals surface area (Å²) >= 11 is 0. The van der Waals surface area contributed by atoms with Gasteiger partial charge in [0.15, 0.2) is 0 Å².